The molecule has 2 bridgehead atoms. The van der Waals surface area contributed by atoms with Gasteiger partial charge in [-0.25, -0.2) is 9.69 Å². The fourth-order valence-corrected chi connectivity index (χ4v) is 5.04. The van der Waals surface area contributed by atoms with Gasteiger partial charge >= 0.3 is 5.97 Å². The highest BCUT2D eigenvalue weighted by molar-refractivity contribution is 6.24. The Labute approximate surface area is 132 Å². The van der Waals surface area contributed by atoms with E-state index in [1.807, 2.05) is 0 Å². The molecule has 0 unspecified atom stereocenters. The molecule has 1 aromatic rings. The van der Waals surface area contributed by atoms with E-state index in [-0.39, 0.29) is 46.7 Å². The average molecular weight is 309 g/mol. The van der Waals surface area contributed by atoms with E-state index in [0.717, 1.165) is 11.3 Å². The van der Waals surface area contributed by atoms with E-state index in [4.69, 9.17) is 0 Å². The molecule has 3 fully saturated rings. The first-order chi connectivity index (χ1) is 11.1. The summed E-state index contributed by atoms with van der Waals surface area (Å²) in [7, 11) is 0. The number of allylic oxidation sites excluding steroid dienone is 2. The zero-order valence-corrected chi connectivity index (χ0v) is 12.3. The van der Waals surface area contributed by atoms with Crippen molar-refractivity contribution in [3.05, 3.63) is 42.0 Å². The van der Waals surface area contributed by atoms with E-state index < -0.39 is 5.97 Å². The molecule has 5 aliphatic rings. The average Bonchev–Trinajstić information content (AvgIpc) is 3.32. The number of carbonyl (C=O) groups excluding carboxylic acids is 2. The van der Waals surface area contributed by atoms with Gasteiger partial charge in [0.1, 0.15) is 0 Å². The highest BCUT2D eigenvalue weighted by Gasteiger charge is 2.67. The van der Waals surface area contributed by atoms with Crippen LogP contribution < -0.4 is 4.90 Å². The predicted molar refractivity (Wildman–Crippen MR) is 80.6 cm³/mol. The van der Waals surface area contributed by atoms with Gasteiger partial charge < -0.3 is 5.11 Å². The van der Waals surface area contributed by atoms with Crippen molar-refractivity contribution in [2.45, 2.75) is 6.42 Å². The van der Waals surface area contributed by atoms with Crippen molar-refractivity contribution in [1.29, 1.82) is 0 Å². The molecule has 1 N–H and O–H groups in total. The lowest BCUT2D eigenvalue weighted by atomic mass is 9.63. The van der Waals surface area contributed by atoms with Crippen LogP contribution in [-0.4, -0.2) is 22.9 Å². The number of imide groups is 1. The Balaban J connectivity index is 1.61. The third kappa shape index (κ3) is 1.49. The number of rotatable bonds is 2. The van der Waals surface area contributed by atoms with Crippen molar-refractivity contribution in [3.8, 4) is 0 Å². The van der Waals surface area contributed by atoms with Gasteiger partial charge in [-0.05, 0) is 42.2 Å². The Hall–Kier alpha value is -2.43. The lowest BCUT2D eigenvalue weighted by molar-refractivity contribution is -0.124. The van der Waals surface area contributed by atoms with Gasteiger partial charge in [0, 0.05) is 0 Å². The number of nitrogens with zero attached hydrogens (tertiary/aromatic N) is 1. The lowest BCUT2D eigenvalue weighted by Crippen LogP contribution is -2.40. The monoisotopic (exact) mass is 309 g/mol. The molecule has 5 heteroatoms. The number of carbonyl (C=O) groups is 3. The molecule has 2 saturated carbocycles. The molecule has 1 heterocycles. The largest absolute Gasteiger partial charge is 0.478 e. The molecule has 116 valence electrons. The van der Waals surface area contributed by atoms with Crippen LogP contribution in [-0.2, 0) is 9.59 Å². The maximum absolute atomic E-state index is 13.0. The smallest absolute Gasteiger partial charge is 0.337 e. The molecule has 23 heavy (non-hydrogen) atoms. The van der Waals surface area contributed by atoms with Gasteiger partial charge in [0.05, 0.1) is 23.1 Å². The summed E-state index contributed by atoms with van der Waals surface area (Å²) >= 11 is 0. The van der Waals surface area contributed by atoms with Crippen molar-refractivity contribution in [2.75, 3.05) is 4.90 Å². The highest BCUT2D eigenvalue weighted by atomic mass is 16.4. The van der Waals surface area contributed by atoms with E-state index in [9.17, 15) is 19.5 Å². The van der Waals surface area contributed by atoms with Crippen molar-refractivity contribution in [3.63, 3.8) is 0 Å². The van der Waals surface area contributed by atoms with Gasteiger partial charge in [-0.3, -0.25) is 9.59 Å². The van der Waals surface area contributed by atoms with Crippen LogP contribution in [0.1, 0.15) is 16.8 Å². The molecule has 1 saturated heterocycles. The number of amides is 2. The van der Waals surface area contributed by atoms with Crippen molar-refractivity contribution < 1.29 is 19.5 Å². The van der Waals surface area contributed by atoms with Crippen LogP contribution in [0.3, 0.4) is 0 Å². The van der Waals surface area contributed by atoms with Gasteiger partial charge in [-0.15, -0.1) is 0 Å². The molecule has 4 aliphatic carbocycles. The molecule has 6 atom stereocenters. The van der Waals surface area contributed by atoms with E-state index in [1.54, 1.807) is 18.2 Å². The minimum absolute atomic E-state index is 0.00156. The second kappa shape index (κ2) is 4.10. The van der Waals surface area contributed by atoms with Crippen LogP contribution in [0.4, 0.5) is 5.69 Å². The molecular weight excluding hydrogens is 294 g/mol. The molecule has 1 aromatic carbocycles. The second-order valence-corrected chi connectivity index (χ2v) is 6.99. The van der Waals surface area contributed by atoms with Gasteiger partial charge in [0.2, 0.25) is 11.8 Å². The maximum atomic E-state index is 13.0. The number of hydrogen-bond acceptors (Lipinski definition) is 3. The Bertz CT molecular complexity index is 762. The maximum Gasteiger partial charge on any atom is 0.337 e. The number of hydrogen-bond donors (Lipinski definition) is 1. The first kappa shape index (κ1) is 13.0. The summed E-state index contributed by atoms with van der Waals surface area (Å²) in [5.74, 6) is -0.805. The van der Waals surface area contributed by atoms with Gasteiger partial charge in [-0.1, -0.05) is 24.3 Å². The standard InChI is InChI=1S/C18H15NO4/c20-16-14-8-5-6-9(12-7-11(8)12)15(14)17(21)19(16)13-4-2-1-3-10(13)18(22)23/h1-6,8-9,11-12,14-15H,7H2,(H,22,23)/t8-,9+,11-,12-,14+,15+/m1/s1. The van der Waals surface area contributed by atoms with Gasteiger partial charge in [0.25, 0.3) is 0 Å². The van der Waals surface area contributed by atoms with E-state index in [1.165, 1.54) is 6.07 Å². The Morgan fingerprint density at radius 3 is 2.13 bits per heavy atom. The van der Waals surface area contributed by atoms with Crippen LogP contribution >= 0.6 is 0 Å². The highest BCUT2D eigenvalue weighted by Crippen LogP contribution is 2.65. The fraction of sp³-hybridized carbons (Fsp3) is 0.389. The summed E-state index contributed by atoms with van der Waals surface area (Å²) in [5, 5.41) is 9.36. The zero-order chi connectivity index (χ0) is 15.9. The number of benzene rings is 1. The topological polar surface area (TPSA) is 74.7 Å². The fourth-order valence-electron chi connectivity index (χ4n) is 5.04. The first-order valence-corrected chi connectivity index (χ1v) is 7.98. The van der Waals surface area contributed by atoms with Crippen molar-refractivity contribution in [2.24, 2.45) is 35.5 Å². The van der Waals surface area contributed by atoms with E-state index in [0.29, 0.717) is 11.8 Å². The first-order valence-electron chi connectivity index (χ1n) is 7.98. The Kier molecular flexibility index (Phi) is 2.33. The summed E-state index contributed by atoms with van der Waals surface area (Å²) < 4.78 is 0. The van der Waals surface area contributed by atoms with E-state index in [2.05, 4.69) is 12.2 Å². The third-order valence-electron chi connectivity index (χ3n) is 6.04. The molecular formula is C18H15NO4. The number of para-hydroxylation sites is 1. The molecule has 6 rings (SSSR count). The second-order valence-electron chi connectivity index (χ2n) is 6.99. The summed E-state index contributed by atoms with van der Waals surface area (Å²) in [6.45, 7) is 0. The normalized spacial score (nSPS) is 39.4. The van der Waals surface area contributed by atoms with Crippen LogP contribution in [0.5, 0.6) is 0 Å². The molecule has 0 spiro atoms. The van der Waals surface area contributed by atoms with Crippen LogP contribution in [0.25, 0.3) is 0 Å². The molecule has 5 nitrogen and oxygen atoms in total. The molecule has 1 aliphatic heterocycles. The number of anilines is 1. The van der Waals surface area contributed by atoms with Crippen LogP contribution in [0.2, 0.25) is 0 Å². The third-order valence-corrected chi connectivity index (χ3v) is 6.04. The van der Waals surface area contributed by atoms with Crippen LogP contribution in [0, 0.1) is 35.5 Å². The Morgan fingerprint density at radius 1 is 1.00 bits per heavy atom. The molecule has 0 radical (unpaired) electrons. The Morgan fingerprint density at radius 2 is 1.57 bits per heavy atom. The minimum atomic E-state index is -1.12. The number of carboxylic acids is 1. The van der Waals surface area contributed by atoms with Gasteiger partial charge in [-0.2, -0.15) is 0 Å². The van der Waals surface area contributed by atoms with Crippen LogP contribution in [0.15, 0.2) is 36.4 Å². The SMILES string of the molecule is O=C(O)c1ccccc1N1C(=O)[C@H]2[C@@H]3C=C[C@@H]([C@H]4C[C@H]34)[C@@H]2C1=O. The summed E-state index contributed by atoms with van der Waals surface area (Å²) in [6, 6.07) is 6.25. The summed E-state index contributed by atoms with van der Waals surface area (Å²) in [6.07, 6.45) is 5.33. The number of aromatic carboxylic acids is 1. The molecule has 2 amide bonds. The quantitative estimate of drug-likeness (QED) is 0.669. The van der Waals surface area contributed by atoms with Crippen molar-refractivity contribution >= 4 is 23.5 Å². The summed E-state index contributed by atoms with van der Waals surface area (Å²) in [4.78, 5) is 38.5. The zero-order valence-electron chi connectivity index (χ0n) is 12.3. The van der Waals surface area contributed by atoms with E-state index >= 15 is 0 Å². The van der Waals surface area contributed by atoms with Gasteiger partial charge in [0.15, 0.2) is 0 Å². The number of carboxylic acid groups (broad SMARTS) is 1. The van der Waals surface area contributed by atoms with Crippen molar-refractivity contribution in [1.82, 2.24) is 0 Å². The predicted octanol–water partition coefficient (Wildman–Crippen LogP) is 1.94. The lowest BCUT2D eigenvalue weighted by Gasteiger charge is -2.37. The minimum Gasteiger partial charge on any atom is -0.478 e. The molecule has 0 aromatic heterocycles. The summed E-state index contributed by atoms with van der Waals surface area (Å²) in [5.41, 5.74) is 0.204.